The molecule has 1 fully saturated rings. The average molecular weight is 497 g/mol. The largest absolute Gasteiger partial charge is 0.361 e. The first kappa shape index (κ1) is 20.3. The third-order valence-corrected chi connectivity index (χ3v) is 6.22. The number of nitrogens with one attached hydrogen (secondary N) is 3. The monoisotopic (exact) mass is 496 g/mol. The van der Waals surface area contributed by atoms with Crippen molar-refractivity contribution in [2.75, 3.05) is 25.1 Å². The Bertz CT molecular complexity index is 866. The first-order valence-corrected chi connectivity index (χ1v) is 10.1. The van der Waals surface area contributed by atoms with Crippen molar-refractivity contribution in [2.24, 2.45) is 4.99 Å². The van der Waals surface area contributed by atoms with Crippen LogP contribution in [0.5, 0.6) is 0 Å². The summed E-state index contributed by atoms with van der Waals surface area (Å²) in [5, 5.41) is 8.26. The summed E-state index contributed by atoms with van der Waals surface area (Å²) in [5.74, 6) is 1.06. The third kappa shape index (κ3) is 5.24. The Morgan fingerprint density at radius 2 is 2.24 bits per heavy atom. The minimum absolute atomic E-state index is 0. The van der Waals surface area contributed by atoms with Gasteiger partial charge in [-0.25, -0.2) is 8.42 Å². The number of guanidine groups is 1. The number of nitrogens with zero attached hydrogens (tertiary/aromatic N) is 1. The summed E-state index contributed by atoms with van der Waals surface area (Å²) in [7, 11) is -1.21. The highest BCUT2D eigenvalue weighted by atomic mass is 127. The van der Waals surface area contributed by atoms with Gasteiger partial charge in [0.2, 0.25) is 0 Å². The molecular formula is C16H22ClIN4O2S. The van der Waals surface area contributed by atoms with E-state index in [1.165, 1.54) is 5.56 Å². The molecule has 1 aromatic carbocycles. The van der Waals surface area contributed by atoms with Crippen molar-refractivity contribution in [3.05, 3.63) is 35.0 Å². The number of hydrogen-bond donors (Lipinski definition) is 3. The van der Waals surface area contributed by atoms with E-state index in [0.29, 0.717) is 18.9 Å². The normalized spacial score (nSPS) is 19.6. The number of aromatic amines is 1. The van der Waals surface area contributed by atoms with Gasteiger partial charge in [-0.05, 0) is 36.6 Å². The van der Waals surface area contributed by atoms with Crippen molar-refractivity contribution in [1.29, 1.82) is 0 Å². The van der Waals surface area contributed by atoms with Crippen molar-refractivity contribution >= 4 is 62.3 Å². The van der Waals surface area contributed by atoms with Crippen molar-refractivity contribution < 1.29 is 8.42 Å². The van der Waals surface area contributed by atoms with Crippen LogP contribution >= 0.6 is 35.6 Å². The highest BCUT2D eigenvalue weighted by Gasteiger charge is 2.28. The fraction of sp³-hybridized carbons (Fsp3) is 0.438. The van der Waals surface area contributed by atoms with Crippen LogP contribution < -0.4 is 10.6 Å². The minimum atomic E-state index is -2.90. The number of sulfone groups is 1. The van der Waals surface area contributed by atoms with E-state index in [-0.39, 0.29) is 41.5 Å². The molecule has 138 valence electrons. The number of hydrogen-bond acceptors (Lipinski definition) is 3. The molecule has 2 aromatic rings. The Morgan fingerprint density at radius 3 is 2.92 bits per heavy atom. The first-order chi connectivity index (χ1) is 11.5. The maximum atomic E-state index is 11.5. The Kier molecular flexibility index (Phi) is 6.98. The van der Waals surface area contributed by atoms with Gasteiger partial charge in [0.1, 0.15) is 0 Å². The molecular weight excluding hydrogens is 475 g/mol. The maximum absolute atomic E-state index is 11.5. The number of H-pyrrole nitrogens is 1. The maximum Gasteiger partial charge on any atom is 0.191 e. The zero-order valence-electron chi connectivity index (χ0n) is 13.9. The molecule has 0 aliphatic carbocycles. The van der Waals surface area contributed by atoms with Gasteiger partial charge in [-0.3, -0.25) is 4.99 Å². The second-order valence-corrected chi connectivity index (χ2v) is 8.66. The van der Waals surface area contributed by atoms with Crippen LogP contribution in [0.15, 0.2) is 29.4 Å². The Morgan fingerprint density at radius 1 is 1.44 bits per heavy atom. The predicted molar refractivity (Wildman–Crippen MR) is 114 cm³/mol. The Balaban J connectivity index is 0.00000225. The number of rotatable bonds is 4. The number of aromatic nitrogens is 1. The molecule has 0 spiro atoms. The summed E-state index contributed by atoms with van der Waals surface area (Å²) in [6.07, 6.45) is 3.43. The number of benzene rings is 1. The fourth-order valence-electron chi connectivity index (χ4n) is 2.97. The van der Waals surface area contributed by atoms with Crippen molar-refractivity contribution in [2.45, 2.75) is 18.9 Å². The minimum Gasteiger partial charge on any atom is -0.361 e. The quantitative estimate of drug-likeness (QED) is 0.345. The van der Waals surface area contributed by atoms with Crippen LogP contribution in [-0.4, -0.2) is 50.5 Å². The van der Waals surface area contributed by atoms with Gasteiger partial charge in [0.05, 0.1) is 11.5 Å². The first-order valence-electron chi connectivity index (χ1n) is 7.90. The Hall–Kier alpha value is -1.000. The summed E-state index contributed by atoms with van der Waals surface area (Å²) in [5.41, 5.74) is 2.24. The Labute approximate surface area is 169 Å². The molecule has 3 N–H and O–H groups in total. The van der Waals surface area contributed by atoms with Gasteiger partial charge in [-0.1, -0.05) is 11.6 Å². The van der Waals surface area contributed by atoms with E-state index in [1.54, 1.807) is 7.05 Å². The molecule has 1 saturated heterocycles. The topological polar surface area (TPSA) is 86.3 Å². The zero-order chi connectivity index (χ0) is 17.2. The SMILES string of the molecule is CN=C(NCCc1c[nH]c2ccc(Cl)cc12)NC1CCS(=O)(=O)C1.I. The summed E-state index contributed by atoms with van der Waals surface area (Å²) < 4.78 is 23.0. The van der Waals surface area contributed by atoms with Gasteiger partial charge in [0.15, 0.2) is 15.8 Å². The standard InChI is InChI=1S/C16H21ClN4O2S.HI/c1-18-16(21-13-5-7-24(22,23)10-13)19-6-4-11-9-20-15-3-2-12(17)8-14(11)15;/h2-3,8-9,13,20H,4-7,10H2,1H3,(H2,18,19,21);1H. The van der Waals surface area contributed by atoms with E-state index >= 15 is 0 Å². The van der Waals surface area contributed by atoms with Crippen LogP contribution in [0.4, 0.5) is 0 Å². The van der Waals surface area contributed by atoms with Crippen LogP contribution in [0, 0.1) is 0 Å². The van der Waals surface area contributed by atoms with Gasteiger partial charge in [0.25, 0.3) is 0 Å². The van der Waals surface area contributed by atoms with Crippen LogP contribution in [-0.2, 0) is 16.3 Å². The van der Waals surface area contributed by atoms with E-state index in [0.717, 1.165) is 22.3 Å². The molecule has 25 heavy (non-hydrogen) atoms. The zero-order valence-corrected chi connectivity index (χ0v) is 17.8. The summed E-state index contributed by atoms with van der Waals surface area (Å²) in [4.78, 5) is 7.40. The summed E-state index contributed by atoms with van der Waals surface area (Å²) in [6, 6.07) is 5.73. The van der Waals surface area contributed by atoms with Crippen molar-refractivity contribution in [1.82, 2.24) is 15.6 Å². The second-order valence-electron chi connectivity index (χ2n) is 6.00. The number of aliphatic imine (C=N–C) groups is 1. The van der Waals surface area contributed by atoms with Gasteiger partial charge in [-0.15, -0.1) is 24.0 Å². The number of fused-ring (bicyclic) bond motifs is 1. The molecule has 1 aromatic heterocycles. The van der Waals surface area contributed by atoms with Crippen molar-refractivity contribution in [3.8, 4) is 0 Å². The van der Waals surface area contributed by atoms with Crippen LogP contribution in [0.2, 0.25) is 5.02 Å². The molecule has 2 heterocycles. The molecule has 9 heteroatoms. The second kappa shape index (κ2) is 8.59. The molecule has 0 saturated carbocycles. The van der Waals surface area contributed by atoms with Gasteiger partial charge >= 0.3 is 0 Å². The molecule has 1 unspecified atom stereocenters. The van der Waals surface area contributed by atoms with E-state index in [9.17, 15) is 8.42 Å². The van der Waals surface area contributed by atoms with E-state index in [2.05, 4.69) is 20.6 Å². The van der Waals surface area contributed by atoms with Gasteiger partial charge in [0, 0.05) is 41.8 Å². The number of halogens is 2. The lowest BCUT2D eigenvalue weighted by molar-refractivity contribution is 0.599. The average Bonchev–Trinajstić information content (AvgIpc) is 3.09. The fourth-order valence-corrected chi connectivity index (χ4v) is 4.82. The lowest BCUT2D eigenvalue weighted by Crippen LogP contribution is -2.44. The van der Waals surface area contributed by atoms with Crippen LogP contribution in [0.3, 0.4) is 0 Å². The highest BCUT2D eigenvalue weighted by molar-refractivity contribution is 14.0. The molecule has 0 amide bonds. The van der Waals surface area contributed by atoms with Crippen LogP contribution in [0.25, 0.3) is 10.9 Å². The molecule has 1 aliphatic rings. The van der Waals surface area contributed by atoms with E-state index in [4.69, 9.17) is 11.6 Å². The highest BCUT2D eigenvalue weighted by Crippen LogP contribution is 2.22. The smallest absolute Gasteiger partial charge is 0.191 e. The molecule has 0 bridgehead atoms. The third-order valence-electron chi connectivity index (χ3n) is 4.21. The molecule has 0 radical (unpaired) electrons. The molecule has 1 aliphatic heterocycles. The summed E-state index contributed by atoms with van der Waals surface area (Å²) in [6.45, 7) is 0.693. The van der Waals surface area contributed by atoms with Gasteiger partial charge < -0.3 is 15.6 Å². The lowest BCUT2D eigenvalue weighted by atomic mass is 10.1. The van der Waals surface area contributed by atoms with E-state index in [1.807, 2.05) is 24.4 Å². The molecule has 6 nitrogen and oxygen atoms in total. The van der Waals surface area contributed by atoms with E-state index < -0.39 is 9.84 Å². The predicted octanol–water partition coefficient (Wildman–Crippen LogP) is 2.33. The van der Waals surface area contributed by atoms with Crippen molar-refractivity contribution in [3.63, 3.8) is 0 Å². The summed E-state index contributed by atoms with van der Waals surface area (Å²) >= 11 is 6.06. The van der Waals surface area contributed by atoms with Crippen LogP contribution in [0.1, 0.15) is 12.0 Å². The molecule has 1 atom stereocenters. The molecule has 3 rings (SSSR count). The van der Waals surface area contributed by atoms with Gasteiger partial charge in [-0.2, -0.15) is 0 Å². The lowest BCUT2D eigenvalue weighted by Gasteiger charge is -2.15.